The van der Waals surface area contributed by atoms with Gasteiger partial charge in [0.2, 0.25) is 0 Å². The Morgan fingerprint density at radius 2 is 2.47 bits per heavy atom. The number of carboxylic acid groups (broad SMARTS) is 1. The van der Waals surface area contributed by atoms with E-state index in [1.165, 1.54) is 0 Å². The van der Waals surface area contributed by atoms with Crippen LogP contribution in [-0.4, -0.2) is 28.2 Å². The highest BCUT2D eigenvalue weighted by Crippen LogP contribution is 2.21. The van der Waals surface area contributed by atoms with Crippen LogP contribution in [0.5, 0.6) is 5.75 Å². The van der Waals surface area contributed by atoms with Gasteiger partial charge in [-0.1, -0.05) is 0 Å². The first-order valence-corrected chi connectivity index (χ1v) is 4.42. The maximum atomic E-state index is 10.6. The quantitative estimate of drug-likeness (QED) is 0.791. The number of methoxy groups -OCH3 is 1. The maximum absolute atomic E-state index is 10.6. The van der Waals surface area contributed by atoms with Crippen molar-refractivity contribution in [2.45, 2.75) is 6.42 Å². The minimum Gasteiger partial charge on any atom is -0.495 e. The molecule has 2 rings (SSSR count). The van der Waals surface area contributed by atoms with E-state index in [9.17, 15) is 4.79 Å². The zero-order valence-electron chi connectivity index (χ0n) is 8.15. The van der Waals surface area contributed by atoms with Crippen LogP contribution in [-0.2, 0) is 11.2 Å². The topological polar surface area (TPSA) is 75.2 Å². The largest absolute Gasteiger partial charge is 0.495 e. The van der Waals surface area contributed by atoms with Crippen molar-refractivity contribution in [3.05, 3.63) is 24.0 Å². The number of hydrogen-bond acceptors (Lipinski definition) is 3. The first-order chi connectivity index (χ1) is 7.20. The predicted octanol–water partition coefficient (Wildman–Crippen LogP) is 1.20. The highest BCUT2D eigenvalue weighted by molar-refractivity contribution is 5.85. The predicted molar refractivity (Wildman–Crippen MR) is 54.0 cm³/mol. The summed E-state index contributed by atoms with van der Waals surface area (Å²) in [4.78, 5) is 17.6. The van der Waals surface area contributed by atoms with Gasteiger partial charge < -0.3 is 14.8 Å². The lowest BCUT2D eigenvalue weighted by atomic mass is 10.1. The molecule has 0 aliphatic rings. The molecule has 5 heteroatoms. The average molecular weight is 206 g/mol. The number of fused-ring (bicyclic) bond motifs is 1. The average Bonchev–Trinajstić information content (AvgIpc) is 2.60. The lowest BCUT2D eigenvalue weighted by Crippen LogP contribution is -1.98. The molecule has 2 N–H and O–H groups in total. The number of rotatable bonds is 3. The second-order valence-electron chi connectivity index (χ2n) is 3.16. The lowest BCUT2D eigenvalue weighted by molar-refractivity contribution is -0.136. The molecule has 0 amide bonds. The summed E-state index contributed by atoms with van der Waals surface area (Å²) in [5, 5.41) is 9.49. The molecule has 15 heavy (non-hydrogen) atoms. The molecular weight excluding hydrogens is 196 g/mol. The summed E-state index contributed by atoms with van der Waals surface area (Å²) < 4.78 is 5.03. The summed E-state index contributed by atoms with van der Waals surface area (Å²) >= 11 is 0. The van der Waals surface area contributed by atoms with Gasteiger partial charge in [0.25, 0.3) is 0 Å². The van der Waals surface area contributed by atoms with E-state index in [1.807, 2.05) is 0 Å². The summed E-state index contributed by atoms with van der Waals surface area (Å²) in [6.45, 7) is 0. The fourth-order valence-corrected chi connectivity index (χ4v) is 1.46. The minimum absolute atomic E-state index is 0.0190. The Hall–Kier alpha value is -2.04. The monoisotopic (exact) mass is 206 g/mol. The van der Waals surface area contributed by atoms with Crippen LogP contribution in [0.1, 0.15) is 5.56 Å². The van der Waals surface area contributed by atoms with Crippen molar-refractivity contribution in [1.82, 2.24) is 9.97 Å². The third-order valence-corrected chi connectivity index (χ3v) is 2.17. The van der Waals surface area contributed by atoms with Crippen molar-refractivity contribution >= 4 is 17.0 Å². The van der Waals surface area contributed by atoms with Gasteiger partial charge >= 0.3 is 5.97 Å². The number of hydrogen-bond donors (Lipinski definition) is 2. The highest BCUT2D eigenvalue weighted by Gasteiger charge is 2.09. The molecule has 0 saturated heterocycles. The highest BCUT2D eigenvalue weighted by atomic mass is 16.5. The van der Waals surface area contributed by atoms with Crippen LogP contribution in [0.25, 0.3) is 11.0 Å². The molecule has 0 saturated carbocycles. The van der Waals surface area contributed by atoms with E-state index in [2.05, 4.69) is 9.97 Å². The van der Waals surface area contributed by atoms with Gasteiger partial charge in [-0.3, -0.25) is 4.79 Å². The number of nitrogens with one attached hydrogen (secondary N) is 1. The second-order valence-corrected chi connectivity index (χ2v) is 3.16. The molecule has 2 aromatic rings. The Bertz CT molecular complexity index is 504. The molecule has 2 aromatic heterocycles. The van der Waals surface area contributed by atoms with Crippen LogP contribution in [0, 0.1) is 0 Å². The molecule has 5 nitrogen and oxygen atoms in total. The lowest BCUT2D eigenvalue weighted by Gasteiger charge is -1.99. The van der Waals surface area contributed by atoms with E-state index in [0.29, 0.717) is 17.0 Å². The van der Waals surface area contributed by atoms with E-state index in [4.69, 9.17) is 9.84 Å². The number of aliphatic carboxylic acids is 1. The van der Waals surface area contributed by atoms with Crippen LogP contribution in [0.15, 0.2) is 18.5 Å². The molecule has 78 valence electrons. The van der Waals surface area contributed by atoms with Crippen LogP contribution in [0.2, 0.25) is 0 Å². The summed E-state index contributed by atoms with van der Waals surface area (Å²) in [5.41, 5.74) is 1.39. The number of aromatic nitrogens is 2. The molecule has 0 bridgehead atoms. The number of pyridine rings is 1. The first kappa shape index (κ1) is 9.51. The number of carbonyl (C=O) groups is 1. The first-order valence-electron chi connectivity index (χ1n) is 4.42. The number of H-pyrrole nitrogens is 1. The van der Waals surface area contributed by atoms with Crippen molar-refractivity contribution in [3.63, 3.8) is 0 Å². The summed E-state index contributed by atoms with van der Waals surface area (Å²) in [6, 6.07) is 1.77. The van der Waals surface area contributed by atoms with Crippen molar-refractivity contribution in [2.75, 3.05) is 7.11 Å². The van der Waals surface area contributed by atoms with E-state index in [-0.39, 0.29) is 6.42 Å². The summed E-state index contributed by atoms with van der Waals surface area (Å²) in [6.07, 6.45) is 3.23. The molecule has 0 aromatic carbocycles. The molecule has 0 radical (unpaired) electrons. The summed E-state index contributed by atoms with van der Waals surface area (Å²) in [7, 11) is 1.55. The Morgan fingerprint density at radius 1 is 1.67 bits per heavy atom. The van der Waals surface area contributed by atoms with E-state index < -0.39 is 5.97 Å². The third kappa shape index (κ3) is 1.76. The Labute approximate surface area is 85.7 Å². The molecular formula is C10H10N2O3. The molecule has 0 fully saturated rings. The normalized spacial score (nSPS) is 10.5. The van der Waals surface area contributed by atoms with Crippen LogP contribution < -0.4 is 4.74 Å². The molecule has 0 aliphatic heterocycles. The molecule has 2 heterocycles. The van der Waals surface area contributed by atoms with Gasteiger partial charge in [0.1, 0.15) is 11.4 Å². The summed E-state index contributed by atoms with van der Waals surface area (Å²) in [5.74, 6) is -0.243. The zero-order valence-corrected chi connectivity index (χ0v) is 8.15. The number of carboxylic acids is 1. The Morgan fingerprint density at radius 3 is 3.13 bits per heavy atom. The number of aromatic amines is 1. The van der Waals surface area contributed by atoms with Gasteiger partial charge in [-0.15, -0.1) is 0 Å². The Kier molecular flexibility index (Phi) is 2.29. The Balaban J connectivity index is 2.51. The molecule has 0 aliphatic carbocycles. The molecule has 0 unspecified atom stereocenters. The number of nitrogens with zero attached hydrogens (tertiary/aromatic N) is 1. The third-order valence-electron chi connectivity index (χ3n) is 2.17. The van der Waals surface area contributed by atoms with Gasteiger partial charge in [-0.05, 0) is 11.6 Å². The van der Waals surface area contributed by atoms with E-state index in [1.54, 1.807) is 25.6 Å². The second kappa shape index (κ2) is 3.61. The molecule has 0 atom stereocenters. The van der Waals surface area contributed by atoms with Crippen LogP contribution in [0.3, 0.4) is 0 Å². The number of ether oxygens (including phenoxy) is 1. The van der Waals surface area contributed by atoms with E-state index in [0.717, 1.165) is 5.39 Å². The van der Waals surface area contributed by atoms with Crippen molar-refractivity contribution in [3.8, 4) is 5.75 Å². The van der Waals surface area contributed by atoms with Gasteiger partial charge in [-0.2, -0.15) is 0 Å². The van der Waals surface area contributed by atoms with Crippen LogP contribution in [0.4, 0.5) is 0 Å². The maximum Gasteiger partial charge on any atom is 0.307 e. The van der Waals surface area contributed by atoms with Crippen molar-refractivity contribution < 1.29 is 14.6 Å². The van der Waals surface area contributed by atoms with Gasteiger partial charge in [0.05, 0.1) is 19.7 Å². The zero-order chi connectivity index (χ0) is 10.8. The minimum atomic E-state index is -0.862. The van der Waals surface area contributed by atoms with Gasteiger partial charge in [0, 0.05) is 11.6 Å². The standard InChI is InChI=1S/C10H10N2O3/c1-15-7-3-8-6(2-9(13)14)4-11-10(8)12-5-7/h3-5H,2H2,1H3,(H,11,12)(H,13,14). The van der Waals surface area contributed by atoms with Gasteiger partial charge in [-0.25, -0.2) is 4.98 Å². The van der Waals surface area contributed by atoms with E-state index >= 15 is 0 Å². The smallest absolute Gasteiger partial charge is 0.307 e. The fourth-order valence-electron chi connectivity index (χ4n) is 1.46. The van der Waals surface area contributed by atoms with Crippen molar-refractivity contribution in [1.29, 1.82) is 0 Å². The SMILES string of the molecule is COc1cnc2[nH]cc(CC(=O)O)c2c1. The molecule has 0 spiro atoms. The fraction of sp³-hybridized carbons (Fsp3) is 0.200. The van der Waals surface area contributed by atoms with Crippen molar-refractivity contribution in [2.24, 2.45) is 0 Å². The van der Waals surface area contributed by atoms with Gasteiger partial charge in [0.15, 0.2) is 0 Å². The van der Waals surface area contributed by atoms with Crippen LogP contribution >= 0.6 is 0 Å².